The van der Waals surface area contributed by atoms with E-state index in [2.05, 4.69) is 15.8 Å². The summed E-state index contributed by atoms with van der Waals surface area (Å²) in [6.07, 6.45) is 0.709. The zero-order chi connectivity index (χ0) is 16.9. The van der Waals surface area contributed by atoms with Crippen molar-refractivity contribution in [3.63, 3.8) is 0 Å². The second-order valence-electron chi connectivity index (χ2n) is 5.08. The number of benzene rings is 2. The lowest BCUT2D eigenvalue weighted by Crippen LogP contribution is -2.41. The highest BCUT2D eigenvalue weighted by Crippen LogP contribution is 2.22. The summed E-state index contributed by atoms with van der Waals surface area (Å²) < 4.78 is 13.9. The first-order valence-electron chi connectivity index (χ1n) is 7.31. The monoisotopic (exact) mass is 343 g/mol. The number of aromatic nitrogens is 1. The molecule has 2 N–H and O–H groups in total. The van der Waals surface area contributed by atoms with Crippen molar-refractivity contribution in [3.8, 4) is 0 Å². The van der Waals surface area contributed by atoms with E-state index in [4.69, 9.17) is 0 Å². The first-order valence-corrected chi connectivity index (χ1v) is 8.13. The standard InChI is InChI=1S/C17H14FN3O2S/c18-12-7-5-11(6-8-12)17(23)21-20-15(22)9-10-16-19-13-3-1-2-4-14(13)24-16/h1-8H,9-10H2,(H,20,22)(H,21,23). The number of rotatable bonds is 4. The molecule has 0 spiro atoms. The van der Waals surface area contributed by atoms with Crippen molar-refractivity contribution in [2.24, 2.45) is 0 Å². The van der Waals surface area contributed by atoms with Gasteiger partial charge in [0.1, 0.15) is 5.82 Å². The van der Waals surface area contributed by atoms with E-state index in [-0.39, 0.29) is 17.9 Å². The molecule has 1 aromatic heterocycles. The lowest BCUT2D eigenvalue weighted by molar-refractivity contribution is -0.121. The Hall–Kier alpha value is -2.80. The summed E-state index contributed by atoms with van der Waals surface area (Å²) in [6.45, 7) is 0. The Balaban J connectivity index is 1.48. The molecule has 2 amide bonds. The minimum absolute atomic E-state index is 0.212. The Labute approximate surface area is 141 Å². The van der Waals surface area contributed by atoms with Gasteiger partial charge in [0.2, 0.25) is 5.91 Å². The summed E-state index contributed by atoms with van der Waals surface area (Å²) in [5, 5.41) is 0.871. The van der Waals surface area contributed by atoms with Crippen molar-refractivity contribution in [2.45, 2.75) is 12.8 Å². The second kappa shape index (κ2) is 7.18. The number of nitrogens with one attached hydrogen (secondary N) is 2. The van der Waals surface area contributed by atoms with E-state index in [0.717, 1.165) is 15.2 Å². The number of amides is 2. The number of halogens is 1. The Kier molecular flexibility index (Phi) is 4.81. The zero-order valence-corrected chi connectivity index (χ0v) is 13.4. The number of carbonyl (C=O) groups excluding carboxylic acids is 2. The molecule has 122 valence electrons. The van der Waals surface area contributed by atoms with Gasteiger partial charge < -0.3 is 0 Å². The van der Waals surface area contributed by atoms with Gasteiger partial charge in [-0.2, -0.15) is 0 Å². The third-order valence-corrected chi connectivity index (χ3v) is 4.42. The van der Waals surface area contributed by atoms with Crippen LogP contribution in [0.15, 0.2) is 48.5 Å². The van der Waals surface area contributed by atoms with Crippen molar-refractivity contribution in [1.29, 1.82) is 0 Å². The molecule has 5 nitrogen and oxygen atoms in total. The van der Waals surface area contributed by atoms with Crippen LogP contribution < -0.4 is 10.9 Å². The molecule has 2 aromatic carbocycles. The number of hydrogen-bond donors (Lipinski definition) is 2. The van der Waals surface area contributed by atoms with Gasteiger partial charge in [-0.15, -0.1) is 11.3 Å². The van der Waals surface area contributed by atoms with Gasteiger partial charge in [0.15, 0.2) is 0 Å². The summed E-state index contributed by atoms with van der Waals surface area (Å²) in [4.78, 5) is 28.1. The summed E-state index contributed by atoms with van der Waals surface area (Å²) in [5.41, 5.74) is 5.83. The number of para-hydroxylation sites is 1. The van der Waals surface area contributed by atoms with Crippen LogP contribution in [0.3, 0.4) is 0 Å². The quantitative estimate of drug-likeness (QED) is 0.716. The fourth-order valence-corrected chi connectivity index (χ4v) is 3.08. The SMILES string of the molecule is O=C(CCc1nc2ccccc2s1)NNC(=O)c1ccc(F)cc1. The number of hydrazine groups is 1. The Morgan fingerprint density at radius 1 is 1.04 bits per heavy atom. The molecule has 0 aliphatic rings. The Morgan fingerprint density at radius 2 is 1.79 bits per heavy atom. The molecule has 0 aliphatic carbocycles. The highest BCUT2D eigenvalue weighted by molar-refractivity contribution is 7.18. The maximum absolute atomic E-state index is 12.8. The summed E-state index contributed by atoms with van der Waals surface area (Å²) in [7, 11) is 0. The van der Waals surface area contributed by atoms with Crippen LogP contribution in [0.4, 0.5) is 4.39 Å². The van der Waals surface area contributed by atoms with Crippen LogP contribution in [0.1, 0.15) is 21.8 Å². The topological polar surface area (TPSA) is 71.1 Å². The zero-order valence-electron chi connectivity index (χ0n) is 12.6. The maximum Gasteiger partial charge on any atom is 0.269 e. The molecule has 0 unspecified atom stereocenters. The summed E-state index contributed by atoms with van der Waals surface area (Å²) in [6, 6.07) is 12.8. The predicted molar refractivity (Wildman–Crippen MR) is 89.9 cm³/mol. The molecule has 0 fully saturated rings. The highest BCUT2D eigenvalue weighted by Gasteiger charge is 2.09. The molecule has 0 bridgehead atoms. The first kappa shape index (κ1) is 16.1. The number of thiazole rings is 1. The van der Waals surface area contributed by atoms with Crippen LogP contribution in [-0.2, 0) is 11.2 Å². The minimum Gasteiger partial charge on any atom is -0.273 e. The van der Waals surface area contributed by atoms with Crippen molar-refractivity contribution in [1.82, 2.24) is 15.8 Å². The van der Waals surface area contributed by atoms with Crippen LogP contribution in [0.25, 0.3) is 10.2 Å². The average molecular weight is 343 g/mol. The van der Waals surface area contributed by atoms with Crippen LogP contribution >= 0.6 is 11.3 Å². The van der Waals surface area contributed by atoms with Gasteiger partial charge in [-0.25, -0.2) is 9.37 Å². The Bertz CT molecular complexity index is 844. The van der Waals surface area contributed by atoms with Crippen LogP contribution in [0.2, 0.25) is 0 Å². The van der Waals surface area contributed by atoms with Crippen molar-refractivity contribution >= 4 is 33.4 Å². The van der Waals surface area contributed by atoms with Crippen LogP contribution in [0.5, 0.6) is 0 Å². The van der Waals surface area contributed by atoms with Crippen molar-refractivity contribution < 1.29 is 14.0 Å². The molecule has 0 radical (unpaired) electrons. The molecule has 24 heavy (non-hydrogen) atoms. The van der Waals surface area contributed by atoms with Gasteiger partial charge in [0.25, 0.3) is 5.91 Å². The fourth-order valence-electron chi connectivity index (χ4n) is 2.11. The number of nitrogens with zero attached hydrogens (tertiary/aromatic N) is 1. The first-order chi connectivity index (χ1) is 11.6. The van der Waals surface area contributed by atoms with Gasteiger partial charge in [-0.1, -0.05) is 12.1 Å². The molecule has 0 aliphatic heterocycles. The third kappa shape index (κ3) is 3.94. The normalized spacial score (nSPS) is 10.5. The molecular weight excluding hydrogens is 329 g/mol. The van der Waals surface area contributed by atoms with E-state index in [1.165, 1.54) is 24.3 Å². The van der Waals surface area contributed by atoms with E-state index in [0.29, 0.717) is 6.42 Å². The summed E-state index contributed by atoms with van der Waals surface area (Å²) in [5.74, 6) is -1.24. The molecule has 3 rings (SSSR count). The van der Waals surface area contributed by atoms with Crippen LogP contribution in [0, 0.1) is 5.82 Å². The lowest BCUT2D eigenvalue weighted by atomic mass is 10.2. The molecule has 1 heterocycles. The van der Waals surface area contributed by atoms with Gasteiger partial charge >= 0.3 is 0 Å². The number of fused-ring (bicyclic) bond motifs is 1. The van der Waals surface area contributed by atoms with Crippen molar-refractivity contribution in [2.75, 3.05) is 0 Å². The lowest BCUT2D eigenvalue weighted by Gasteiger charge is -2.06. The number of carbonyl (C=O) groups is 2. The largest absolute Gasteiger partial charge is 0.273 e. The predicted octanol–water partition coefficient (Wildman–Crippen LogP) is 2.83. The maximum atomic E-state index is 12.8. The second-order valence-corrected chi connectivity index (χ2v) is 6.20. The molecule has 7 heteroatoms. The van der Waals surface area contributed by atoms with Crippen molar-refractivity contribution in [3.05, 3.63) is 64.9 Å². The van der Waals surface area contributed by atoms with Gasteiger partial charge in [0.05, 0.1) is 15.2 Å². The molecule has 0 saturated heterocycles. The van der Waals surface area contributed by atoms with E-state index < -0.39 is 11.7 Å². The van der Waals surface area contributed by atoms with Gasteiger partial charge in [0, 0.05) is 18.4 Å². The molecular formula is C17H14FN3O2S. The van der Waals surface area contributed by atoms with E-state index in [1.54, 1.807) is 11.3 Å². The summed E-state index contributed by atoms with van der Waals surface area (Å²) >= 11 is 1.55. The van der Waals surface area contributed by atoms with Gasteiger partial charge in [-0.3, -0.25) is 20.4 Å². The van der Waals surface area contributed by atoms with Crippen LogP contribution in [-0.4, -0.2) is 16.8 Å². The smallest absolute Gasteiger partial charge is 0.269 e. The van der Waals surface area contributed by atoms with E-state index in [9.17, 15) is 14.0 Å². The molecule has 0 atom stereocenters. The number of hydrogen-bond acceptors (Lipinski definition) is 4. The molecule has 0 saturated carbocycles. The average Bonchev–Trinajstić information content (AvgIpc) is 3.01. The third-order valence-electron chi connectivity index (χ3n) is 3.33. The van der Waals surface area contributed by atoms with E-state index >= 15 is 0 Å². The highest BCUT2D eigenvalue weighted by atomic mass is 32.1. The van der Waals surface area contributed by atoms with Gasteiger partial charge in [-0.05, 0) is 36.4 Å². The Morgan fingerprint density at radius 3 is 2.54 bits per heavy atom. The molecule has 3 aromatic rings. The fraction of sp³-hybridized carbons (Fsp3) is 0.118. The minimum atomic E-state index is -0.497. The number of aryl methyl sites for hydroxylation is 1. The van der Waals surface area contributed by atoms with E-state index in [1.807, 2.05) is 24.3 Å².